The first-order valence-electron chi connectivity index (χ1n) is 11.8. The van der Waals surface area contributed by atoms with E-state index in [4.69, 9.17) is 5.26 Å². The summed E-state index contributed by atoms with van der Waals surface area (Å²) in [6.07, 6.45) is 25.8. The molecule has 29 heavy (non-hydrogen) atoms. The summed E-state index contributed by atoms with van der Waals surface area (Å²) < 4.78 is 0. The minimum atomic E-state index is 0.696. The first-order chi connectivity index (χ1) is 14.3. The second-order valence-electron chi connectivity index (χ2n) is 9.04. The van der Waals surface area contributed by atoms with Crippen molar-refractivity contribution in [1.82, 2.24) is 0 Å². The largest absolute Gasteiger partial charge is 0.193 e. The Hall–Kier alpha value is -2.07. The van der Waals surface area contributed by atoms with Crippen LogP contribution in [0.3, 0.4) is 0 Å². The number of allylic oxidation sites excluding steroid dienone is 6. The fraction of sp³-hybridized carbons (Fsp3) is 0.536. The number of benzene rings is 1. The van der Waals surface area contributed by atoms with E-state index in [1.165, 1.54) is 69.8 Å². The Morgan fingerprint density at radius 1 is 0.793 bits per heavy atom. The second-order valence-corrected chi connectivity index (χ2v) is 9.04. The summed E-state index contributed by atoms with van der Waals surface area (Å²) in [5.74, 6) is 3.03. The van der Waals surface area contributed by atoms with E-state index in [1.807, 2.05) is 18.2 Å². The number of nitrogens with zero attached hydrogens (tertiary/aromatic N) is 1. The van der Waals surface area contributed by atoms with E-state index in [0.717, 1.165) is 17.8 Å². The summed E-state index contributed by atoms with van der Waals surface area (Å²) in [7, 11) is 0. The second kappa shape index (κ2) is 11.8. The van der Waals surface area contributed by atoms with E-state index in [2.05, 4.69) is 49.4 Å². The van der Waals surface area contributed by atoms with E-state index in [9.17, 15) is 0 Å². The summed E-state index contributed by atoms with van der Waals surface area (Å²) in [6.45, 7) is 2.25. The van der Waals surface area contributed by atoms with Crippen LogP contribution in [0, 0.1) is 29.1 Å². The zero-order chi connectivity index (χ0) is 20.3. The molecule has 0 atom stereocenters. The fourth-order valence-electron chi connectivity index (χ4n) is 5.05. The summed E-state index contributed by atoms with van der Waals surface area (Å²) in [5.41, 5.74) is 3.04. The van der Waals surface area contributed by atoms with Crippen molar-refractivity contribution in [2.75, 3.05) is 0 Å². The van der Waals surface area contributed by atoms with Crippen molar-refractivity contribution >= 4 is 0 Å². The van der Waals surface area contributed by atoms with Crippen LogP contribution in [0.15, 0.2) is 60.7 Å². The molecule has 0 heterocycles. The molecule has 1 aromatic rings. The van der Waals surface area contributed by atoms with Gasteiger partial charge in [0.1, 0.15) is 0 Å². The maximum Gasteiger partial charge on any atom is 0.0912 e. The van der Waals surface area contributed by atoms with Gasteiger partial charge in [-0.3, -0.25) is 0 Å². The Morgan fingerprint density at radius 3 is 1.90 bits per heavy atom. The Morgan fingerprint density at radius 2 is 1.34 bits per heavy atom. The highest BCUT2D eigenvalue weighted by molar-refractivity contribution is 5.26. The van der Waals surface area contributed by atoms with E-state index in [-0.39, 0.29) is 0 Å². The first-order valence-corrected chi connectivity index (χ1v) is 11.8. The maximum atomic E-state index is 8.53. The summed E-state index contributed by atoms with van der Waals surface area (Å²) in [6, 6.07) is 11.5. The molecule has 0 bridgehead atoms. The van der Waals surface area contributed by atoms with Crippen LogP contribution in [0.4, 0.5) is 0 Å². The highest BCUT2D eigenvalue weighted by atomic mass is 14.3. The van der Waals surface area contributed by atoms with Gasteiger partial charge in [0.25, 0.3) is 0 Å². The van der Waals surface area contributed by atoms with Crippen LogP contribution in [0.2, 0.25) is 0 Å². The molecule has 2 aliphatic rings. The molecule has 0 N–H and O–H groups in total. The lowest BCUT2D eigenvalue weighted by atomic mass is 9.77. The molecule has 0 saturated heterocycles. The van der Waals surface area contributed by atoms with Gasteiger partial charge < -0.3 is 0 Å². The normalized spacial score (nSPS) is 28.3. The third-order valence-corrected chi connectivity index (χ3v) is 6.90. The Labute approximate surface area is 178 Å². The van der Waals surface area contributed by atoms with Crippen LogP contribution in [-0.4, -0.2) is 0 Å². The number of nitriles is 1. The molecule has 0 amide bonds. The summed E-state index contributed by atoms with van der Waals surface area (Å²) in [5, 5.41) is 8.53. The zero-order valence-electron chi connectivity index (χ0n) is 18.1. The Bertz CT molecular complexity index is 715. The average Bonchev–Trinajstić information content (AvgIpc) is 2.77. The van der Waals surface area contributed by atoms with E-state index in [1.54, 1.807) is 11.6 Å². The topological polar surface area (TPSA) is 23.8 Å². The highest BCUT2D eigenvalue weighted by Gasteiger charge is 2.22. The van der Waals surface area contributed by atoms with Crippen LogP contribution in [0.25, 0.3) is 0 Å². The molecule has 3 rings (SSSR count). The lowest BCUT2D eigenvalue weighted by Crippen LogP contribution is -2.14. The van der Waals surface area contributed by atoms with E-state index in [0.29, 0.717) is 5.92 Å². The predicted molar refractivity (Wildman–Crippen MR) is 124 cm³/mol. The van der Waals surface area contributed by atoms with Crippen molar-refractivity contribution in [2.45, 2.75) is 77.0 Å². The van der Waals surface area contributed by atoms with Gasteiger partial charge in [0.15, 0.2) is 0 Å². The number of hydrogen-bond acceptors (Lipinski definition) is 1. The molecule has 0 aromatic heterocycles. The van der Waals surface area contributed by atoms with Crippen molar-refractivity contribution in [3.63, 3.8) is 0 Å². The molecule has 2 fully saturated rings. The quantitative estimate of drug-likeness (QED) is 0.265. The van der Waals surface area contributed by atoms with Crippen LogP contribution >= 0.6 is 0 Å². The number of aryl methyl sites for hydroxylation is 1. The van der Waals surface area contributed by atoms with Gasteiger partial charge in [-0.2, -0.15) is 5.26 Å². The molecule has 1 aromatic carbocycles. The molecule has 0 spiro atoms. The van der Waals surface area contributed by atoms with Crippen molar-refractivity contribution in [2.24, 2.45) is 17.8 Å². The van der Waals surface area contributed by atoms with Crippen molar-refractivity contribution in [3.8, 4) is 6.07 Å². The minimum Gasteiger partial charge on any atom is -0.193 e. The third kappa shape index (κ3) is 7.04. The van der Waals surface area contributed by atoms with Gasteiger partial charge in [-0.05, 0) is 92.6 Å². The summed E-state index contributed by atoms with van der Waals surface area (Å²) >= 11 is 0. The van der Waals surface area contributed by atoms with E-state index >= 15 is 0 Å². The monoisotopic (exact) mass is 387 g/mol. The zero-order valence-corrected chi connectivity index (χ0v) is 18.1. The number of rotatable bonds is 7. The standard InChI is InChI=1S/C28H37N/c1-2-6-23-14-18-27(19-15-23)28-20-16-26(17-21-28)13-12-25-10-8-24(9-11-25)7-4-3-5-22-29/h3-5,7,12-15,18-19,24-26,28H,2,6,8-11,16-17,20-21H2,1H3/b5-3?,7-4?,13-12+/t24-,25-,26-,28-. The highest BCUT2D eigenvalue weighted by Crippen LogP contribution is 2.37. The van der Waals surface area contributed by atoms with Gasteiger partial charge in [-0.25, -0.2) is 0 Å². The van der Waals surface area contributed by atoms with Crippen LogP contribution < -0.4 is 0 Å². The average molecular weight is 388 g/mol. The van der Waals surface area contributed by atoms with E-state index < -0.39 is 0 Å². The maximum absolute atomic E-state index is 8.53. The van der Waals surface area contributed by atoms with Crippen LogP contribution in [0.5, 0.6) is 0 Å². The van der Waals surface area contributed by atoms with Crippen LogP contribution in [-0.2, 0) is 6.42 Å². The molecular formula is C28H37N. The Balaban J connectivity index is 1.38. The van der Waals surface area contributed by atoms with Crippen molar-refractivity contribution in [3.05, 3.63) is 71.8 Å². The molecular weight excluding hydrogens is 350 g/mol. The lowest BCUT2D eigenvalue weighted by molar-refractivity contribution is 0.348. The molecule has 0 radical (unpaired) electrons. The molecule has 0 aliphatic heterocycles. The van der Waals surface area contributed by atoms with Gasteiger partial charge >= 0.3 is 0 Å². The Kier molecular flexibility index (Phi) is 8.82. The van der Waals surface area contributed by atoms with Crippen molar-refractivity contribution in [1.29, 1.82) is 5.26 Å². The van der Waals surface area contributed by atoms with Gasteiger partial charge in [0, 0.05) is 6.08 Å². The van der Waals surface area contributed by atoms with Gasteiger partial charge in [0.05, 0.1) is 6.07 Å². The molecule has 2 saturated carbocycles. The first kappa shape index (κ1) is 21.6. The van der Waals surface area contributed by atoms with Gasteiger partial charge in [0.2, 0.25) is 0 Å². The molecule has 0 unspecified atom stereocenters. The molecule has 1 heteroatoms. The fourth-order valence-corrected chi connectivity index (χ4v) is 5.05. The van der Waals surface area contributed by atoms with Gasteiger partial charge in [-0.15, -0.1) is 0 Å². The van der Waals surface area contributed by atoms with Gasteiger partial charge in [-0.1, -0.05) is 68.0 Å². The molecule has 154 valence electrons. The molecule has 2 aliphatic carbocycles. The predicted octanol–water partition coefficient (Wildman–Crippen LogP) is 7.91. The SMILES string of the molecule is CCCc1ccc([C@H]2CC[C@H](/C=C/[C@H]3CC[C@H](C=CC=CC#N)CC3)CC2)cc1. The lowest BCUT2D eigenvalue weighted by Gasteiger charge is -2.28. The summed E-state index contributed by atoms with van der Waals surface area (Å²) in [4.78, 5) is 0. The number of hydrogen-bond donors (Lipinski definition) is 0. The van der Waals surface area contributed by atoms with Crippen LogP contribution in [0.1, 0.15) is 81.8 Å². The minimum absolute atomic E-state index is 0.696. The third-order valence-electron chi connectivity index (χ3n) is 6.90. The smallest absolute Gasteiger partial charge is 0.0912 e. The molecule has 1 nitrogen and oxygen atoms in total. The van der Waals surface area contributed by atoms with Crippen molar-refractivity contribution < 1.29 is 0 Å².